The van der Waals surface area contributed by atoms with Crippen molar-refractivity contribution >= 4 is 17.4 Å². The summed E-state index contributed by atoms with van der Waals surface area (Å²) in [6, 6.07) is 5.49. The normalized spacial score (nSPS) is 10.3. The van der Waals surface area contributed by atoms with Crippen LogP contribution < -0.4 is 10.5 Å². The van der Waals surface area contributed by atoms with Gasteiger partial charge in [0.15, 0.2) is 0 Å². The molecule has 1 aromatic carbocycles. The minimum atomic E-state index is 0.474. The maximum Gasteiger partial charge on any atom is 0.137 e. The van der Waals surface area contributed by atoms with Crippen molar-refractivity contribution in [1.29, 1.82) is 0 Å². The highest BCUT2D eigenvalue weighted by molar-refractivity contribution is 6.32. The van der Waals surface area contributed by atoms with Crippen molar-refractivity contribution in [3.63, 3.8) is 0 Å². The summed E-state index contributed by atoms with van der Waals surface area (Å²) < 4.78 is 5.10. The van der Waals surface area contributed by atoms with Crippen LogP contribution in [0, 0.1) is 6.92 Å². The third-order valence-corrected chi connectivity index (χ3v) is 2.84. The van der Waals surface area contributed by atoms with Gasteiger partial charge in [-0.05, 0) is 25.1 Å². The van der Waals surface area contributed by atoms with Crippen LogP contribution in [-0.4, -0.2) is 17.1 Å². The molecule has 0 bridgehead atoms. The number of ether oxygens (including phenoxy) is 1. The first-order valence-electron chi connectivity index (χ1n) is 5.04. The highest BCUT2D eigenvalue weighted by Gasteiger charge is 2.09. The molecule has 0 radical (unpaired) electrons. The molecule has 0 aliphatic carbocycles. The first kappa shape index (κ1) is 11.7. The van der Waals surface area contributed by atoms with Crippen molar-refractivity contribution in [3.8, 4) is 17.0 Å². The molecule has 4 nitrogen and oxygen atoms in total. The molecule has 2 N–H and O–H groups in total. The summed E-state index contributed by atoms with van der Waals surface area (Å²) in [4.78, 5) is 8.15. The second kappa shape index (κ2) is 4.59. The molecular formula is C12H12ClN3O. The van der Waals surface area contributed by atoms with Crippen molar-refractivity contribution in [3.05, 3.63) is 35.1 Å². The maximum atomic E-state index is 6.07. The van der Waals surface area contributed by atoms with Crippen molar-refractivity contribution in [2.24, 2.45) is 0 Å². The smallest absolute Gasteiger partial charge is 0.137 e. The molecule has 0 spiro atoms. The van der Waals surface area contributed by atoms with Crippen molar-refractivity contribution in [2.45, 2.75) is 6.92 Å². The molecule has 0 atom stereocenters. The Labute approximate surface area is 104 Å². The summed E-state index contributed by atoms with van der Waals surface area (Å²) in [5, 5.41) is 0.543. The van der Waals surface area contributed by atoms with Crippen LogP contribution in [0.5, 0.6) is 5.75 Å². The predicted octanol–water partition coefficient (Wildman–Crippen LogP) is 2.70. The van der Waals surface area contributed by atoms with Crippen molar-refractivity contribution in [1.82, 2.24) is 9.97 Å². The molecule has 1 heterocycles. The van der Waals surface area contributed by atoms with Crippen LogP contribution in [0.3, 0.4) is 0 Å². The van der Waals surface area contributed by atoms with E-state index in [4.69, 9.17) is 22.1 Å². The van der Waals surface area contributed by atoms with E-state index in [-0.39, 0.29) is 0 Å². The molecule has 2 aromatic rings. The zero-order valence-corrected chi connectivity index (χ0v) is 10.3. The predicted molar refractivity (Wildman–Crippen MR) is 68.2 cm³/mol. The summed E-state index contributed by atoms with van der Waals surface area (Å²) in [5.41, 5.74) is 8.26. The molecule has 88 valence electrons. The van der Waals surface area contributed by atoms with Gasteiger partial charge < -0.3 is 10.5 Å². The zero-order chi connectivity index (χ0) is 12.4. The SMILES string of the molecule is COc1ccc(-c2ncnc(N)c2C)cc1Cl. The van der Waals surface area contributed by atoms with E-state index in [9.17, 15) is 0 Å². The number of aromatic nitrogens is 2. The molecule has 0 aliphatic heterocycles. The molecule has 0 aliphatic rings. The van der Waals surface area contributed by atoms with Crippen LogP contribution >= 0.6 is 11.6 Å². The topological polar surface area (TPSA) is 61.0 Å². The monoisotopic (exact) mass is 249 g/mol. The fourth-order valence-electron chi connectivity index (χ4n) is 1.57. The number of hydrogen-bond acceptors (Lipinski definition) is 4. The van der Waals surface area contributed by atoms with E-state index in [0.29, 0.717) is 16.6 Å². The minimum Gasteiger partial charge on any atom is -0.495 e. The molecule has 0 amide bonds. The van der Waals surface area contributed by atoms with Crippen LogP contribution in [-0.2, 0) is 0 Å². The Hall–Kier alpha value is -1.81. The summed E-state index contributed by atoms with van der Waals surface area (Å²) in [6.07, 6.45) is 1.44. The first-order valence-corrected chi connectivity index (χ1v) is 5.42. The van der Waals surface area contributed by atoms with Crippen LogP contribution in [0.4, 0.5) is 5.82 Å². The van der Waals surface area contributed by atoms with E-state index >= 15 is 0 Å². The number of halogens is 1. The molecule has 2 rings (SSSR count). The molecule has 0 saturated carbocycles. The lowest BCUT2D eigenvalue weighted by Crippen LogP contribution is -1.98. The Morgan fingerprint density at radius 2 is 2.06 bits per heavy atom. The van der Waals surface area contributed by atoms with Gasteiger partial charge in [-0.2, -0.15) is 0 Å². The number of methoxy groups -OCH3 is 1. The largest absolute Gasteiger partial charge is 0.495 e. The van der Waals surface area contributed by atoms with Crippen LogP contribution in [0.25, 0.3) is 11.3 Å². The highest BCUT2D eigenvalue weighted by atomic mass is 35.5. The van der Waals surface area contributed by atoms with Gasteiger partial charge in [-0.25, -0.2) is 9.97 Å². The van der Waals surface area contributed by atoms with E-state index < -0.39 is 0 Å². The lowest BCUT2D eigenvalue weighted by atomic mass is 10.1. The van der Waals surface area contributed by atoms with Crippen LogP contribution in [0.15, 0.2) is 24.5 Å². The zero-order valence-electron chi connectivity index (χ0n) is 9.57. The van der Waals surface area contributed by atoms with E-state index in [0.717, 1.165) is 16.8 Å². The number of rotatable bonds is 2. The lowest BCUT2D eigenvalue weighted by Gasteiger charge is -2.08. The summed E-state index contributed by atoms with van der Waals surface area (Å²) in [7, 11) is 1.58. The quantitative estimate of drug-likeness (QED) is 0.889. The standard InChI is InChI=1S/C12H12ClN3O/c1-7-11(15-6-16-12(7)14)8-3-4-10(17-2)9(13)5-8/h3-6H,1-2H3,(H2,14,15,16). The fourth-order valence-corrected chi connectivity index (χ4v) is 1.83. The fraction of sp³-hybridized carbons (Fsp3) is 0.167. The average molecular weight is 250 g/mol. The molecule has 17 heavy (non-hydrogen) atoms. The van der Waals surface area contributed by atoms with Gasteiger partial charge >= 0.3 is 0 Å². The summed E-state index contributed by atoms with van der Waals surface area (Å²) in [5.74, 6) is 1.11. The molecule has 5 heteroatoms. The van der Waals surface area contributed by atoms with Gasteiger partial charge in [-0.3, -0.25) is 0 Å². The summed E-state index contributed by atoms with van der Waals surface area (Å²) in [6.45, 7) is 1.88. The Kier molecular flexibility index (Phi) is 3.15. The van der Waals surface area contributed by atoms with Crippen LogP contribution in [0.2, 0.25) is 5.02 Å². The van der Waals surface area contributed by atoms with Gasteiger partial charge in [0.25, 0.3) is 0 Å². The Morgan fingerprint density at radius 1 is 1.29 bits per heavy atom. The Balaban J connectivity index is 2.54. The number of anilines is 1. The third kappa shape index (κ3) is 2.17. The third-order valence-electron chi connectivity index (χ3n) is 2.55. The van der Waals surface area contributed by atoms with Crippen molar-refractivity contribution < 1.29 is 4.74 Å². The molecule has 0 unspecified atom stereocenters. The van der Waals surface area contributed by atoms with E-state index in [1.165, 1.54) is 6.33 Å². The number of nitrogen functional groups attached to an aromatic ring is 1. The molecule has 1 aromatic heterocycles. The van der Waals surface area contributed by atoms with Gasteiger partial charge in [0, 0.05) is 11.1 Å². The van der Waals surface area contributed by atoms with Gasteiger partial charge in [0.1, 0.15) is 17.9 Å². The first-order chi connectivity index (χ1) is 8.13. The molecular weight excluding hydrogens is 238 g/mol. The van der Waals surface area contributed by atoms with E-state index in [1.807, 2.05) is 13.0 Å². The van der Waals surface area contributed by atoms with E-state index in [2.05, 4.69) is 9.97 Å². The number of nitrogens with zero attached hydrogens (tertiary/aromatic N) is 2. The average Bonchev–Trinajstić information content (AvgIpc) is 2.32. The minimum absolute atomic E-state index is 0.474. The van der Waals surface area contributed by atoms with E-state index in [1.54, 1.807) is 19.2 Å². The second-order valence-electron chi connectivity index (χ2n) is 3.58. The Morgan fingerprint density at radius 3 is 2.71 bits per heavy atom. The summed E-state index contributed by atoms with van der Waals surface area (Å²) >= 11 is 6.07. The number of hydrogen-bond donors (Lipinski definition) is 1. The van der Waals surface area contributed by atoms with Gasteiger partial charge in [-0.15, -0.1) is 0 Å². The van der Waals surface area contributed by atoms with Gasteiger partial charge in [0.05, 0.1) is 17.8 Å². The number of nitrogens with two attached hydrogens (primary N) is 1. The molecule has 0 saturated heterocycles. The Bertz CT molecular complexity index is 557. The van der Waals surface area contributed by atoms with Crippen molar-refractivity contribution in [2.75, 3.05) is 12.8 Å². The van der Waals surface area contributed by atoms with Gasteiger partial charge in [-0.1, -0.05) is 11.6 Å². The number of benzene rings is 1. The second-order valence-corrected chi connectivity index (χ2v) is 3.99. The van der Waals surface area contributed by atoms with Crippen LogP contribution in [0.1, 0.15) is 5.56 Å². The highest BCUT2D eigenvalue weighted by Crippen LogP contribution is 2.31. The lowest BCUT2D eigenvalue weighted by molar-refractivity contribution is 0.415. The molecule has 0 fully saturated rings. The maximum absolute atomic E-state index is 6.07. The van der Waals surface area contributed by atoms with Gasteiger partial charge in [0.2, 0.25) is 0 Å².